The molecule has 0 spiro atoms. The fourth-order valence-corrected chi connectivity index (χ4v) is 5.76. The quantitative estimate of drug-likeness (QED) is 0.599. The van der Waals surface area contributed by atoms with Crippen LogP contribution in [0.1, 0.15) is 34.2 Å². The van der Waals surface area contributed by atoms with E-state index in [-0.39, 0.29) is 22.6 Å². The van der Waals surface area contributed by atoms with Gasteiger partial charge in [0.1, 0.15) is 4.83 Å². The van der Waals surface area contributed by atoms with E-state index in [2.05, 4.69) is 10.4 Å². The molecule has 1 aliphatic rings. The number of carbonyl (C=O) groups is 1. The van der Waals surface area contributed by atoms with E-state index in [0.29, 0.717) is 23.8 Å². The second-order valence-electron chi connectivity index (χ2n) is 7.23. The Hall–Kier alpha value is -2.27. The molecule has 0 unspecified atom stereocenters. The number of sulfone groups is 1. The molecular formula is C20H23N3O5S2. The maximum Gasteiger partial charge on any atom is 0.265 e. The van der Waals surface area contributed by atoms with E-state index in [1.165, 1.54) is 23.5 Å². The van der Waals surface area contributed by atoms with E-state index in [1.807, 2.05) is 17.7 Å². The van der Waals surface area contributed by atoms with Crippen LogP contribution in [0.2, 0.25) is 0 Å². The first kappa shape index (κ1) is 21.0. The molecule has 10 heteroatoms. The molecule has 3 heterocycles. The summed E-state index contributed by atoms with van der Waals surface area (Å²) >= 11 is 1.38. The van der Waals surface area contributed by atoms with Gasteiger partial charge in [0.15, 0.2) is 9.84 Å². The number of aliphatic hydroxyl groups excluding tert-OH is 1. The van der Waals surface area contributed by atoms with Gasteiger partial charge in [0.05, 0.1) is 33.9 Å². The molecule has 0 atom stereocenters. The number of aliphatic hydroxyl groups is 1. The van der Waals surface area contributed by atoms with Gasteiger partial charge in [-0.15, -0.1) is 11.3 Å². The van der Waals surface area contributed by atoms with Crippen molar-refractivity contribution in [1.82, 2.24) is 9.78 Å². The number of hydrogen-bond acceptors (Lipinski definition) is 7. The first-order chi connectivity index (χ1) is 14.4. The summed E-state index contributed by atoms with van der Waals surface area (Å²) in [7, 11) is -3.59. The Morgan fingerprint density at radius 2 is 2.10 bits per heavy atom. The smallest absolute Gasteiger partial charge is 0.265 e. The van der Waals surface area contributed by atoms with Crippen molar-refractivity contribution in [3.63, 3.8) is 0 Å². The van der Waals surface area contributed by atoms with Gasteiger partial charge in [-0.3, -0.25) is 9.48 Å². The van der Waals surface area contributed by atoms with Gasteiger partial charge in [0, 0.05) is 24.3 Å². The SMILES string of the molecule is Cc1nn(C2CCOCC2)c2sc(C(=O)Nc3cccc(S(=O)(=O)CCO)c3)cc12. The fraction of sp³-hybridized carbons (Fsp3) is 0.400. The maximum atomic E-state index is 12.8. The van der Waals surface area contributed by atoms with Gasteiger partial charge < -0.3 is 15.2 Å². The highest BCUT2D eigenvalue weighted by Gasteiger charge is 2.23. The van der Waals surface area contributed by atoms with E-state index in [4.69, 9.17) is 9.84 Å². The van der Waals surface area contributed by atoms with Gasteiger partial charge in [-0.2, -0.15) is 5.10 Å². The first-order valence-electron chi connectivity index (χ1n) is 9.70. The number of thiophene rings is 1. The lowest BCUT2D eigenvalue weighted by atomic mass is 10.1. The van der Waals surface area contributed by atoms with Crippen LogP contribution in [0.5, 0.6) is 0 Å². The fourth-order valence-electron chi connectivity index (χ4n) is 3.56. The molecule has 0 saturated carbocycles. The minimum atomic E-state index is -3.59. The van der Waals surface area contributed by atoms with Crippen molar-refractivity contribution in [1.29, 1.82) is 0 Å². The molecule has 1 saturated heterocycles. The van der Waals surface area contributed by atoms with E-state index in [1.54, 1.807) is 12.1 Å². The van der Waals surface area contributed by atoms with Crippen molar-refractivity contribution in [2.75, 3.05) is 30.9 Å². The molecule has 2 N–H and O–H groups in total. The molecule has 1 fully saturated rings. The van der Waals surface area contributed by atoms with Crippen LogP contribution < -0.4 is 5.32 Å². The zero-order valence-electron chi connectivity index (χ0n) is 16.5. The number of carbonyl (C=O) groups excluding carboxylic acids is 1. The summed E-state index contributed by atoms with van der Waals surface area (Å²) in [6, 6.07) is 8.16. The molecule has 1 amide bonds. The Bertz CT molecular complexity index is 1180. The number of nitrogens with zero attached hydrogens (tertiary/aromatic N) is 2. The van der Waals surface area contributed by atoms with Crippen molar-refractivity contribution in [3.8, 4) is 0 Å². The van der Waals surface area contributed by atoms with Crippen LogP contribution in [0.3, 0.4) is 0 Å². The van der Waals surface area contributed by atoms with Crippen LogP contribution >= 0.6 is 11.3 Å². The van der Waals surface area contributed by atoms with Gasteiger partial charge in [-0.1, -0.05) is 6.07 Å². The molecule has 1 aliphatic heterocycles. The highest BCUT2D eigenvalue weighted by molar-refractivity contribution is 7.91. The standard InChI is InChI=1S/C20H23N3O5S2/c1-13-17-12-18(29-20(17)23(22-13)15-5-8-28-9-6-15)19(25)21-14-3-2-4-16(11-14)30(26,27)10-7-24/h2-4,11-12,15,24H,5-10H2,1H3,(H,21,25). The maximum absolute atomic E-state index is 12.8. The summed E-state index contributed by atoms with van der Waals surface area (Å²) in [6.45, 7) is 2.89. The topological polar surface area (TPSA) is 111 Å². The lowest BCUT2D eigenvalue weighted by molar-refractivity contribution is 0.0675. The number of nitrogens with one attached hydrogen (secondary N) is 1. The molecule has 3 aromatic rings. The molecule has 0 bridgehead atoms. The second kappa shape index (κ2) is 8.46. The highest BCUT2D eigenvalue weighted by atomic mass is 32.2. The van der Waals surface area contributed by atoms with Gasteiger partial charge in [-0.25, -0.2) is 8.42 Å². The van der Waals surface area contributed by atoms with Crippen molar-refractivity contribution in [2.45, 2.75) is 30.7 Å². The summed E-state index contributed by atoms with van der Waals surface area (Å²) in [4.78, 5) is 14.4. The molecule has 2 aromatic heterocycles. The zero-order valence-corrected chi connectivity index (χ0v) is 18.1. The normalized spacial score (nSPS) is 15.5. The Morgan fingerprint density at radius 1 is 1.33 bits per heavy atom. The van der Waals surface area contributed by atoms with Crippen LogP contribution in [-0.4, -0.2) is 54.8 Å². The average molecular weight is 450 g/mol. The summed E-state index contributed by atoms with van der Waals surface area (Å²) in [5.74, 6) is -0.659. The number of ether oxygens (including phenoxy) is 1. The minimum Gasteiger partial charge on any atom is -0.395 e. The Kier molecular flexibility index (Phi) is 5.92. The molecule has 4 rings (SSSR count). The number of rotatable bonds is 6. The summed E-state index contributed by atoms with van der Waals surface area (Å²) in [5, 5.41) is 17.4. The lowest BCUT2D eigenvalue weighted by Gasteiger charge is -2.22. The third kappa shape index (κ3) is 4.13. The third-order valence-electron chi connectivity index (χ3n) is 5.14. The van der Waals surface area contributed by atoms with Crippen molar-refractivity contribution in [2.24, 2.45) is 0 Å². The summed E-state index contributed by atoms with van der Waals surface area (Å²) in [6.07, 6.45) is 1.79. The Labute approximate surface area is 178 Å². The van der Waals surface area contributed by atoms with Crippen molar-refractivity contribution in [3.05, 3.63) is 40.9 Å². The van der Waals surface area contributed by atoms with E-state index >= 15 is 0 Å². The third-order valence-corrected chi connectivity index (χ3v) is 7.96. The van der Waals surface area contributed by atoms with Crippen LogP contribution in [0.25, 0.3) is 10.2 Å². The monoisotopic (exact) mass is 449 g/mol. The van der Waals surface area contributed by atoms with E-state index < -0.39 is 16.4 Å². The minimum absolute atomic E-state index is 0.0664. The number of amides is 1. The van der Waals surface area contributed by atoms with Gasteiger partial charge in [-0.05, 0) is 44.0 Å². The molecule has 8 nitrogen and oxygen atoms in total. The number of aryl methyl sites for hydroxylation is 1. The number of benzene rings is 1. The van der Waals surface area contributed by atoms with Gasteiger partial charge >= 0.3 is 0 Å². The average Bonchev–Trinajstić information content (AvgIpc) is 3.30. The lowest BCUT2D eigenvalue weighted by Crippen LogP contribution is -2.20. The van der Waals surface area contributed by atoms with Crippen LogP contribution in [0, 0.1) is 6.92 Å². The van der Waals surface area contributed by atoms with Gasteiger partial charge in [0.2, 0.25) is 0 Å². The molecule has 160 valence electrons. The predicted octanol–water partition coefficient (Wildman–Crippen LogP) is 2.78. The molecular weight excluding hydrogens is 426 g/mol. The number of hydrogen-bond donors (Lipinski definition) is 2. The predicted molar refractivity (Wildman–Crippen MR) is 115 cm³/mol. The van der Waals surface area contributed by atoms with Crippen molar-refractivity contribution >= 4 is 43.0 Å². The molecule has 30 heavy (non-hydrogen) atoms. The van der Waals surface area contributed by atoms with E-state index in [9.17, 15) is 13.2 Å². The zero-order chi connectivity index (χ0) is 21.3. The summed E-state index contributed by atoms with van der Waals surface area (Å²) < 4.78 is 31.8. The molecule has 0 aliphatic carbocycles. The number of fused-ring (bicyclic) bond motifs is 1. The summed E-state index contributed by atoms with van der Waals surface area (Å²) in [5.41, 5.74) is 1.27. The van der Waals surface area contributed by atoms with E-state index in [0.717, 1.165) is 28.8 Å². The molecule has 1 aromatic carbocycles. The molecule has 0 radical (unpaired) electrons. The first-order valence-corrected chi connectivity index (χ1v) is 12.2. The Morgan fingerprint density at radius 3 is 2.83 bits per heavy atom. The van der Waals surface area contributed by atoms with Crippen LogP contribution in [0.15, 0.2) is 35.2 Å². The van der Waals surface area contributed by atoms with Crippen LogP contribution in [-0.2, 0) is 14.6 Å². The number of anilines is 1. The van der Waals surface area contributed by atoms with Gasteiger partial charge in [0.25, 0.3) is 5.91 Å². The highest BCUT2D eigenvalue weighted by Crippen LogP contribution is 2.33. The van der Waals surface area contributed by atoms with Crippen LogP contribution in [0.4, 0.5) is 5.69 Å². The largest absolute Gasteiger partial charge is 0.395 e. The van der Waals surface area contributed by atoms with Crippen molar-refractivity contribution < 1.29 is 23.1 Å². The number of aromatic nitrogens is 2. The Balaban J connectivity index is 1.58. The second-order valence-corrected chi connectivity index (χ2v) is 10.4.